The average Bonchev–Trinajstić information content (AvgIpc) is 2.49. The van der Waals surface area contributed by atoms with Crippen LogP contribution in [0.4, 0.5) is 5.69 Å². The second-order valence-electron chi connectivity index (χ2n) is 5.88. The Balaban J connectivity index is 1.66. The molecule has 0 unspecified atom stereocenters. The topological polar surface area (TPSA) is 27.3 Å². The molecule has 2 rings (SSSR count). The van der Waals surface area contributed by atoms with Crippen molar-refractivity contribution in [3.63, 3.8) is 0 Å². The highest BCUT2D eigenvalue weighted by atomic mass is 32.1. The number of likely N-dealkylation sites (tertiary alicyclic amines) is 1. The fourth-order valence-electron chi connectivity index (χ4n) is 2.74. The normalized spacial score (nSPS) is 15.7. The number of nitrogens with zero attached hydrogens (tertiary/aromatic N) is 1. The third-order valence-corrected chi connectivity index (χ3v) is 4.48. The Morgan fingerprint density at radius 1 is 1.19 bits per heavy atom. The number of rotatable bonds is 5. The SMILES string of the molecule is Cc1cccc(NC(=S)NCCCN2CCCCC2)c1C. The lowest BCUT2D eigenvalue weighted by Gasteiger charge is -2.26. The van der Waals surface area contributed by atoms with Crippen molar-refractivity contribution in [1.82, 2.24) is 10.2 Å². The Morgan fingerprint density at radius 3 is 2.71 bits per heavy atom. The molecule has 1 fully saturated rings. The smallest absolute Gasteiger partial charge is 0.170 e. The van der Waals surface area contributed by atoms with Gasteiger partial charge < -0.3 is 15.5 Å². The Hall–Kier alpha value is -1.13. The standard InChI is InChI=1S/C17H27N3S/c1-14-8-6-9-16(15(14)2)19-17(21)18-10-7-13-20-11-4-3-5-12-20/h6,8-9H,3-5,7,10-13H2,1-2H3,(H2,18,19,21). The molecule has 0 spiro atoms. The number of hydrogen-bond acceptors (Lipinski definition) is 2. The maximum atomic E-state index is 5.37. The lowest BCUT2D eigenvalue weighted by Crippen LogP contribution is -2.34. The highest BCUT2D eigenvalue weighted by Gasteiger charge is 2.09. The van der Waals surface area contributed by atoms with Crippen molar-refractivity contribution in [1.29, 1.82) is 0 Å². The van der Waals surface area contributed by atoms with E-state index in [1.54, 1.807) is 0 Å². The van der Waals surface area contributed by atoms with Crippen LogP contribution in [0.25, 0.3) is 0 Å². The van der Waals surface area contributed by atoms with Crippen LogP contribution in [0.5, 0.6) is 0 Å². The molecule has 0 amide bonds. The number of nitrogens with one attached hydrogen (secondary N) is 2. The van der Waals surface area contributed by atoms with Crippen molar-refractivity contribution in [2.75, 3.05) is 31.5 Å². The van der Waals surface area contributed by atoms with Gasteiger partial charge in [0.1, 0.15) is 0 Å². The van der Waals surface area contributed by atoms with Gasteiger partial charge in [-0.25, -0.2) is 0 Å². The molecule has 1 aliphatic rings. The van der Waals surface area contributed by atoms with E-state index in [-0.39, 0.29) is 0 Å². The second-order valence-corrected chi connectivity index (χ2v) is 6.29. The number of hydrogen-bond donors (Lipinski definition) is 2. The van der Waals surface area contributed by atoms with Crippen LogP contribution in [0.3, 0.4) is 0 Å². The molecule has 0 atom stereocenters. The molecule has 1 aromatic rings. The van der Waals surface area contributed by atoms with Crippen molar-refractivity contribution in [2.45, 2.75) is 39.5 Å². The first-order valence-corrected chi connectivity index (χ1v) is 8.41. The van der Waals surface area contributed by atoms with Crippen LogP contribution < -0.4 is 10.6 Å². The Labute approximate surface area is 134 Å². The molecule has 21 heavy (non-hydrogen) atoms. The summed E-state index contributed by atoms with van der Waals surface area (Å²) in [5.41, 5.74) is 3.64. The van der Waals surface area contributed by atoms with Crippen molar-refractivity contribution in [3.8, 4) is 0 Å². The predicted octanol–water partition coefficient (Wildman–Crippen LogP) is 3.47. The zero-order chi connectivity index (χ0) is 15.1. The van der Waals surface area contributed by atoms with Gasteiger partial charge in [0.15, 0.2) is 5.11 Å². The summed E-state index contributed by atoms with van der Waals surface area (Å²) in [6.45, 7) is 8.90. The lowest BCUT2D eigenvalue weighted by molar-refractivity contribution is 0.227. The average molecular weight is 305 g/mol. The highest BCUT2D eigenvalue weighted by Crippen LogP contribution is 2.17. The summed E-state index contributed by atoms with van der Waals surface area (Å²) in [7, 11) is 0. The third-order valence-electron chi connectivity index (χ3n) is 4.24. The van der Waals surface area contributed by atoms with E-state index < -0.39 is 0 Å². The summed E-state index contributed by atoms with van der Waals surface area (Å²) in [5, 5.41) is 7.33. The molecule has 0 saturated carbocycles. The highest BCUT2D eigenvalue weighted by molar-refractivity contribution is 7.80. The number of anilines is 1. The van der Waals surface area contributed by atoms with Gasteiger partial charge in [-0.15, -0.1) is 0 Å². The zero-order valence-electron chi connectivity index (χ0n) is 13.2. The van der Waals surface area contributed by atoms with E-state index in [9.17, 15) is 0 Å². The summed E-state index contributed by atoms with van der Waals surface area (Å²) in [6, 6.07) is 6.25. The van der Waals surface area contributed by atoms with Crippen molar-refractivity contribution in [2.24, 2.45) is 0 Å². The third kappa shape index (κ3) is 5.29. The minimum Gasteiger partial charge on any atom is -0.362 e. The van der Waals surface area contributed by atoms with Gasteiger partial charge in [-0.1, -0.05) is 18.6 Å². The first-order valence-electron chi connectivity index (χ1n) is 8.00. The first kappa shape index (κ1) is 16.2. The van der Waals surface area contributed by atoms with E-state index >= 15 is 0 Å². The van der Waals surface area contributed by atoms with Crippen LogP contribution >= 0.6 is 12.2 Å². The largest absolute Gasteiger partial charge is 0.362 e. The summed E-state index contributed by atoms with van der Waals surface area (Å²) >= 11 is 5.37. The molecule has 0 aliphatic carbocycles. The van der Waals surface area contributed by atoms with Gasteiger partial charge in [0.05, 0.1) is 0 Å². The Kier molecular flexibility index (Phi) is 6.46. The van der Waals surface area contributed by atoms with Crippen LogP contribution in [-0.4, -0.2) is 36.2 Å². The van der Waals surface area contributed by atoms with Crippen molar-refractivity contribution >= 4 is 23.0 Å². The Bertz CT molecular complexity index is 467. The fourth-order valence-corrected chi connectivity index (χ4v) is 2.95. The molecule has 2 N–H and O–H groups in total. The van der Waals surface area contributed by atoms with Crippen LogP contribution in [0.15, 0.2) is 18.2 Å². The molecule has 1 aliphatic heterocycles. The molecular weight excluding hydrogens is 278 g/mol. The van der Waals surface area contributed by atoms with Gasteiger partial charge in [0.25, 0.3) is 0 Å². The van der Waals surface area contributed by atoms with Gasteiger partial charge in [-0.05, 0) is 82.2 Å². The van der Waals surface area contributed by atoms with E-state index in [1.807, 2.05) is 0 Å². The summed E-state index contributed by atoms with van der Waals surface area (Å²) in [6.07, 6.45) is 5.27. The van der Waals surface area contributed by atoms with Crippen LogP contribution in [0.2, 0.25) is 0 Å². The molecule has 0 bridgehead atoms. The first-order chi connectivity index (χ1) is 10.2. The minimum absolute atomic E-state index is 0.724. The molecule has 1 saturated heterocycles. The molecule has 0 aromatic heterocycles. The monoisotopic (exact) mass is 305 g/mol. The minimum atomic E-state index is 0.724. The number of aryl methyl sites for hydroxylation is 1. The predicted molar refractivity (Wildman–Crippen MR) is 95.0 cm³/mol. The second kappa shape index (κ2) is 8.35. The van der Waals surface area contributed by atoms with E-state index in [1.165, 1.54) is 50.0 Å². The lowest BCUT2D eigenvalue weighted by atomic mass is 10.1. The molecule has 116 valence electrons. The molecular formula is C17H27N3S. The molecule has 0 radical (unpaired) electrons. The van der Waals surface area contributed by atoms with Gasteiger partial charge >= 0.3 is 0 Å². The van der Waals surface area contributed by atoms with Crippen LogP contribution in [0.1, 0.15) is 36.8 Å². The fraction of sp³-hybridized carbons (Fsp3) is 0.588. The van der Waals surface area contributed by atoms with Crippen LogP contribution in [-0.2, 0) is 0 Å². The van der Waals surface area contributed by atoms with Crippen LogP contribution in [0, 0.1) is 13.8 Å². The van der Waals surface area contributed by atoms with Gasteiger partial charge in [-0.3, -0.25) is 0 Å². The van der Waals surface area contributed by atoms with Gasteiger partial charge in [0.2, 0.25) is 0 Å². The maximum Gasteiger partial charge on any atom is 0.170 e. The number of thiocarbonyl (C=S) groups is 1. The van der Waals surface area contributed by atoms with E-state index in [0.29, 0.717) is 0 Å². The maximum absolute atomic E-state index is 5.37. The van der Waals surface area contributed by atoms with E-state index in [0.717, 1.165) is 23.8 Å². The van der Waals surface area contributed by atoms with Crippen molar-refractivity contribution < 1.29 is 0 Å². The Morgan fingerprint density at radius 2 is 1.95 bits per heavy atom. The molecule has 1 aromatic carbocycles. The molecule has 3 nitrogen and oxygen atoms in total. The van der Waals surface area contributed by atoms with Gasteiger partial charge in [0, 0.05) is 12.2 Å². The molecule has 4 heteroatoms. The van der Waals surface area contributed by atoms with E-state index in [4.69, 9.17) is 12.2 Å². The summed E-state index contributed by atoms with van der Waals surface area (Å²) < 4.78 is 0. The summed E-state index contributed by atoms with van der Waals surface area (Å²) in [5.74, 6) is 0. The zero-order valence-corrected chi connectivity index (χ0v) is 14.1. The quantitative estimate of drug-likeness (QED) is 0.643. The van der Waals surface area contributed by atoms with E-state index in [2.05, 4.69) is 47.6 Å². The molecule has 1 heterocycles. The van der Waals surface area contributed by atoms with Crippen molar-refractivity contribution in [3.05, 3.63) is 29.3 Å². The summed E-state index contributed by atoms with van der Waals surface area (Å²) in [4.78, 5) is 2.56. The number of benzene rings is 1. The number of piperidine rings is 1. The van der Waals surface area contributed by atoms with Gasteiger partial charge in [-0.2, -0.15) is 0 Å².